The molecule has 1 fully saturated rings. The molecule has 0 aliphatic heterocycles. The monoisotopic (exact) mass is 363 g/mol. The summed E-state index contributed by atoms with van der Waals surface area (Å²) in [6, 6.07) is 6.76. The minimum Gasteiger partial charge on any atom is -0.393 e. The highest BCUT2D eigenvalue weighted by molar-refractivity contribution is 6.30. The smallest absolute Gasteiger partial charge is 0.247 e. The second-order valence-corrected chi connectivity index (χ2v) is 6.81. The quantitative estimate of drug-likeness (QED) is 0.850. The number of tetrazole rings is 1. The number of carbonyl (C=O) groups excluding carboxylic acids is 1. The van der Waals surface area contributed by atoms with E-state index >= 15 is 0 Å². The summed E-state index contributed by atoms with van der Waals surface area (Å²) in [5, 5.41) is 25.7. The highest BCUT2D eigenvalue weighted by Crippen LogP contribution is 2.21. The predicted molar refractivity (Wildman–Crippen MR) is 94.0 cm³/mol. The number of carbonyl (C=O) groups is 1. The van der Waals surface area contributed by atoms with Crippen molar-refractivity contribution in [2.45, 2.75) is 57.2 Å². The molecule has 134 valence electrons. The first-order valence-electron chi connectivity index (χ1n) is 8.60. The number of benzene rings is 1. The summed E-state index contributed by atoms with van der Waals surface area (Å²) in [4.78, 5) is 14.0. The Labute approximate surface area is 151 Å². The van der Waals surface area contributed by atoms with Gasteiger partial charge in [0.2, 0.25) is 11.7 Å². The molecule has 2 N–H and O–H groups in total. The number of rotatable bonds is 5. The Morgan fingerprint density at radius 3 is 2.64 bits per heavy atom. The van der Waals surface area contributed by atoms with Crippen molar-refractivity contribution in [1.29, 1.82) is 0 Å². The molecule has 7 nitrogen and oxygen atoms in total. The van der Waals surface area contributed by atoms with E-state index in [0.29, 0.717) is 17.3 Å². The van der Waals surface area contributed by atoms with Crippen molar-refractivity contribution in [3.05, 3.63) is 29.3 Å². The molecule has 1 unspecified atom stereocenters. The summed E-state index contributed by atoms with van der Waals surface area (Å²) < 4.78 is 0. The third-order valence-corrected chi connectivity index (χ3v) is 4.79. The summed E-state index contributed by atoms with van der Waals surface area (Å²) >= 11 is 5.89. The van der Waals surface area contributed by atoms with Crippen LogP contribution in [0.4, 0.5) is 0 Å². The minimum atomic E-state index is -0.500. The van der Waals surface area contributed by atoms with Crippen LogP contribution in [0.1, 0.15) is 45.1 Å². The molecule has 0 radical (unpaired) electrons. The zero-order valence-electron chi connectivity index (χ0n) is 14.1. The van der Waals surface area contributed by atoms with Crippen molar-refractivity contribution in [2.24, 2.45) is 0 Å². The largest absolute Gasteiger partial charge is 0.393 e. The van der Waals surface area contributed by atoms with Gasteiger partial charge in [-0.1, -0.05) is 18.5 Å². The van der Waals surface area contributed by atoms with E-state index in [-0.39, 0.29) is 18.1 Å². The third-order valence-electron chi connectivity index (χ3n) is 4.54. The molecule has 1 atom stereocenters. The Balaban J connectivity index is 1.68. The summed E-state index contributed by atoms with van der Waals surface area (Å²) in [6.07, 6.45) is 3.37. The maximum Gasteiger partial charge on any atom is 0.247 e. The van der Waals surface area contributed by atoms with E-state index in [9.17, 15) is 9.90 Å². The van der Waals surface area contributed by atoms with Gasteiger partial charge < -0.3 is 10.4 Å². The Hall–Kier alpha value is -1.99. The molecular weight excluding hydrogens is 342 g/mol. The molecule has 25 heavy (non-hydrogen) atoms. The van der Waals surface area contributed by atoms with Gasteiger partial charge in [0.1, 0.15) is 0 Å². The van der Waals surface area contributed by atoms with Gasteiger partial charge in [-0.3, -0.25) is 4.79 Å². The summed E-state index contributed by atoms with van der Waals surface area (Å²) in [6.45, 7) is 1.92. The zero-order chi connectivity index (χ0) is 17.8. The number of hydrogen-bond acceptors (Lipinski definition) is 5. The minimum absolute atomic E-state index is 0.101. The molecule has 1 aromatic heterocycles. The number of nitrogens with zero attached hydrogens (tertiary/aromatic N) is 4. The molecule has 1 aliphatic rings. The summed E-state index contributed by atoms with van der Waals surface area (Å²) in [7, 11) is 0. The molecule has 1 saturated carbocycles. The van der Waals surface area contributed by atoms with Crippen molar-refractivity contribution in [3.8, 4) is 11.4 Å². The SMILES string of the molecule is CCC(C(=O)NC1CCC(O)CC1)n1nnc(-c2ccc(Cl)cc2)n1. The number of aromatic nitrogens is 4. The van der Waals surface area contributed by atoms with Gasteiger partial charge in [-0.05, 0) is 61.6 Å². The average molecular weight is 364 g/mol. The molecule has 2 aromatic rings. The van der Waals surface area contributed by atoms with Gasteiger partial charge >= 0.3 is 0 Å². The number of aliphatic hydroxyl groups is 1. The average Bonchev–Trinajstić information content (AvgIpc) is 3.08. The second-order valence-electron chi connectivity index (χ2n) is 6.38. The Bertz CT molecular complexity index is 710. The van der Waals surface area contributed by atoms with Crippen LogP contribution in [0.3, 0.4) is 0 Å². The molecule has 8 heteroatoms. The van der Waals surface area contributed by atoms with Gasteiger partial charge in [0.05, 0.1) is 6.10 Å². The number of nitrogens with one attached hydrogen (secondary N) is 1. The molecule has 1 aromatic carbocycles. The van der Waals surface area contributed by atoms with Crippen LogP contribution in [-0.2, 0) is 4.79 Å². The normalized spacial score (nSPS) is 21.7. The fraction of sp³-hybridized carbons (Fsp3) is 0.529. The highest BCUT2D eigenvalue weighted by atomic mass is 35.5. The van der Waals surface area contributed by atoms with E-state index in [1.165, 1.54) is 4.80 Å². The number of amides is 1. The number of halogens is 1. The summed E-state index contributed by atoms with van der Waals surface area (Å²) in [5.74, 6) is 0.354. The van der Waals surface area contributed by atoms with Crippen LogP contribution < -0.4 is 5.32 Å². The van der Waals surface area contributed by atoms with Gasteiger partial charge in [0, 0.05) is 16.6 Å². The standard InChI is InChI=1S/C17H22ClN5O2/c1-2-15(17(25)19-13-7-9-14(24)10-8-13)23-21-16(20-22-23)11-3-5-12(18)6-4-11/h3-6,13-15,24H,2,7-10H2,1H3,(H,19,25). The van der Waals surface area contributed by atoms with Crippen molar-refractivity contribution in [1.82, 2.24) is 25.5 Å². The molecular formula is C17H22ClN5O2. The highest BCUT2D eigenvalue weighted by Gasteiger charge is 2.26. The first kappa shape index (κ1) is 17.8. The molecule has 3 rings (SSSR count). The van der Waals surface area contributed by atoms with Crippen LogP contribution in [0.5, 0.6) is 0 Å². The molecule has 1 amide bonds. The molecule has 1 heterocycles. The van der Waals surface area contributed by atoms with E-state index in [4.69, 9.17) is 11.6 Å². The predicted octanol–water partition coefficient (Wildman–Crippen LogP) is 2.36. The lowest BCUT2D eigenvalue weighted by Gasteiger charge is -2.27. The van der Waals surface area contributed by atoms with Crippen LogP contribution in [0, 0.1) is 0 Å². The van der Waals surface area contributed by atoms with Crippen molar-refractivity contribution >= 4 is 17.5 Å². The maximum atomic E-state index is 12.6. The number of hydrogen-bond donors (Lipinski definition) is 2. The second kappa shape index (κ2) is 7.93. The van der Waals surface area contributed by atoms with Crippen LogP contribution in [-0.4, -0.2) is 43.4 Å². The topological polar surface area (TPSA) is 92.9 Å². The van der Waals surface area contributed by atoms with E-state index < -0.39 is 6.04 Å². The maximum absolute atomic E-state index is 12.6. The summed E-state index contributed by atoms with van der Waals surface area (Å²) in [5.41, 5.74) is 0.798. The Morgan fingerprint density at radius 1 is 1.32 bits per heavy atom. The van der Waals surface area contributed by atoms with E-state index in [1.807, 2.05) is 19.1 Å². The molecule has 1 aliphatic carbocycles. The Kier molecular flexibility index (Phi) is 5.65. The van der Waals surface area contributed by atoms with Gasteiger partial charge in [-0.2, -0.15) is 4.80 Å². The van der Waals surface area contributed by atoms with Gasteiger partial charge in [-0.25, -0.2) is 0 Å². The zero-order valence-corrected chi connectivity index (χ0v) is 14.9. The Morgan fingerprint density at radius 2 is 2.00 bits per heavy atom. The molecule has 0 spiro atoms. The lowest BCUT2D eigenvalue weighted by atomic mass is 9.93. The van der Waals surface area contributed by atoms with Gasteiger partial charge in [0.25, 0.3) is 0 Å². The first-order chi connectivity index (χ1) is 12.1. The third kappa shape index (κ3) is 4.35. The lowest BCUT2D eigenvalue weighted by molar-refractivity contribution is -0.126. The van der Waals surface area contributed by atoms with Crippen LogP contribution in [0.25, 0.3) is 11.4 Å². The first-order valence-corrected chi connectivity index (χ1v) is 8.98. The van der Waals surface area contributed by atoms with E-state index in [2.05, 4.69) is 20.7 Å². The van der Waals surface area contributed by atoms with E-state index in [0.717, 1.165) is 31.2 Å². The van der Waals surface area contributed by atoms with Crippen LogP contribution >= 0.6 is 11.6 Å². The fourth-order valence-corrected chi connectivity index (χ4v) is 3.17. The van der Waals surface area contributed by atoms with Crippen molar-refractivity contribution in [3.63, 3.8) is 0 Å². The lowest BCUT2D eigenvalue weighted by Crippen LogP contribution is -2.42. The number of aliphatic hydroxyl groups excluding tert-OH is 1. The fourth-order valence-electron chi connectivity index (χ4n) is 3.04. The van der Waals surface area contributed by atoms with E-state index in [1.54, 1.807) is 12.1 Å². The van der Waals surface area contributed by atoms with Crippen molar-refractivity contribution < 1.29 is 9.90 Å². The van der Waals surface area contributed by atoms with Gasteiger partial charge in [0.15, 0.2) is 6.04 Å². The van der Waals surface area contributed by atoms with Crippen LogP contribution in [0.2, 0.25) is 5.02 Å². The molecule has 0 bridgehead atoms. The molecule has 0 saturated heterocycles. The van der Waals surface area contributed by atoms with Crippen LogP contribution in [0.15, 0.2) is 24.3 Å². The van der Waals surface area contributed by atoms with Gasteiger partial charge in [-0.15, -0.1) is 10.2 Å². The van der Waals surface area contributed by atoms with Crippen molar-refractivity contribution in [2.75, 3.05) is 0 Å².